The summed E-state index contributed by atoms with van der Waals surface area (Å²) in [6, 6.07) is 8.34. The fraction of sp³-hybridized carbons (Fsp3) is 0.400. The summed E-state index contributed by atoms with van der Waals surface area (Å²) in [5.41, 5.74) is 0.632. The van der Waals surface area contributed by atoms with Crippen LogP contribution in [0.4, 0.5) is 5.00 Å². The SMILES string of the molecule is CN1CCN(S(=O)(=O)CCc2cc(C(=O)c3ccccc3Cl)c(NC(=O)CBr)s2)CC1. The average Bonchev–Trinajstić information content (AvgIpc) is 3.15. The lowest BCUT2D eigenvalue weighted by Gasteiger charge is -2.31. The van der Waals surface area contributed by atoms with Gasteiger partial charge in [0.05, 0.1) is 21.7 Å². The molecule has 11 heteroatoms. The van der Waals surface area contributed by atoms with Crippen molar-refractivity contribution < 1.29 is 18.0 Å². The van der Waals surface area contributed by atoms with Crippen LogP contribution in [0.5, 0.6) is 0 Å². The number of halogens is 2. The summed E-state index contributed by atoms with van der Waals surface area (Å²) in [6.45, 7) is 2.37. The third-order valence-corrected chi connectivity index (χ3v) is 8.80. The summed E-state index contributed by atoms with van der Waals surface area (Å²) >= 11 is 10.5. The molecule has 1 N–H and O–H groups in total. The number of amides is 1. The number of sulfonamides is 1. The van der Waals surface area contributed by atoms with Gasteiger partial charge in [0.1, 0.15) is 5.00 Å². The number of benzene rings is 1. The van der Waals surface area contributed by atoms with E-state index in [0.29, 0.717) is 52.2 Å². The van der Waals surface area contributed by atoms with E-state index >= 15 is 0 Å². The molecular formula is C20H23BrClN3O4S2. The first-order chi connectivity index (χ1) is 14.7. The van der Waals surface area contributed by atoms with E-state index in [0.717, 1.165) is 0 Å². The zero-order valence-corrected chi connectivity index (χ0v) is 20.9. The van der Waals surface area contributed by atoms with Gasteiger partial charge in [-0.1, -0.05) is 39.7 Å². The number of anilines is 1. The summed E-state index contributed by atoms with van der Waals surface area (Å²) < 4.78 is 27.0. The van der Waals surface area contributed by atoms with Crippen LogP contribution in [-0.2, 0) is 21.2 Å². The molecule has 31 heavy (non-hydrogen) atoms. The van der Waals surface area contributed by atoms with Crippen molar-refractivity contribution in [3.05, 3.63) is 51.4 Å². The molecule has 0 saturated carbocycles. The quantitative estimate of drug-likeness (QED) is 0.405. The first-order valence-corrected chi connectivity index (χ1v) is 13.6. The largest absolute Gasteiger partial charge is 0.316 e. The van der Waals surface area contributed by atoms with E-state index in [1.807, 2.05) is 7.05 Å². The van der Waals surface area contributed by atoms with Gasteiger partial charge in [-0.2, -0.15) is 4.31 Å². The highest BCUT2D eigenvalue weighted by Crippen LogP contribution is 2.32. The molecule has 1 aliphatic rings. The fourth-order valence-corrected chi connectivity index (χ4v) is 6.22. The molecule has 1 aromatic heterocycles. The topological polar surface area (TPSA) is 86.8 Å². The number of rotatable bonds is 8. The number of thiophene rings is 1. The maximum atomic E-state index is 13.1. The van der Waals surface area contributed by atoms with Crippen LogP contribution >= 0.6 is 38.9 Å². The van der Waals surface area contributed by atoms with Crippen molar-refractivity contribution in [1.29, 1.82) is 0 Å². The molecule has 1 aliphatic heterocycles. The molecule has 168 valence electrons. The Hall–Kier alpha value is -1.30. The normalized spacial score (nSPS) is 15.7. The zero-order chi connectivity index (χ0) is 22.6. The molecule has 2 heterocycles. The average molecular weight is 549 g/mol. The van der Waals surface area contributed by atoms with Crippen LogP contribution in [0.25, 0.3) is 0 Å². The van der Waals surface area contributed by atoms with Crippen LogP contribution in [-0.4, -0.2) is 73.6 Å². The van der Waals surface area contributed by atoms with Gasteiger partial charge in [-0.25, -0.2) is 8.42 Å². The van der Waals surface area contributed by atoms with Crippen molar-refractivity contribution in [3.63, 3.8) is 0 Å². The molecule has 1 aromatic carbocycles. The van der Waals surface area contributed by atoms with Gasteiger partial charge in [0.25, 0.3) is 0 Å². The second-order valence-electron chi connectivity index (χ2n) is 7.21. The number of alkyl halides is 1. The van der Waals surface area contributed by atoms with Gasteiger partial charge < -0.3 is 10.2 Å². The molecule has 7 nitrogen and oxygen atoms in total. The summed E-state index contributed by atoms with van der Waals surface area (Å²) in [5.74, 6) is -0.672. The Bertz CT molecular complexity index is 1070. The van der Waals surface area contributed by atoms with Gasteiger partial charge in [0, 0.05) is 36.6 Å². The van der Waals surface area contributed by atoms with Crippen LogP contribution in [0.3, 0.4) is 0 Å². The Morgan fingerprint density at radius 1 is 1.16 bits per heavy atom. The fourth-order valence-electron chi connectivity index (χ4n) is 3.20. The predicted molar refractivity (Wildman–Crippen MR) is 128 cm³/mol. The van der Waals surface area contributed by atoms with Gasteiger partial charge in [0.15, 0.2) is 5.78 Å². The zero-order valence-electron chi connectivity index (χ0n) is 16.9. The molecular weight excluding hydrogens is 526 g/mol. The van der Waals surface area contributed by atoms with E-state index in [1.165, 1.54) is 15.6 Å². The highest BCUT2D eigenvalue weighted by molar-refractivity contribution is 9.09. The van der Waals surface area contributed by atoms with E-state index in [2.05, 4.69) is 26.1 Å². The van der Waals surface area contributed by atoms with Crippen molar-refractivity contribution in [2.75, 3.05) is 49.6 Å². The molecule has 0 spiro atoms. The third kappa shape index (κ3) is 6.15. The number of carbonyl (C=O) groups is 2. The summed E-state index contributed by atoms with van der Waals surface area (Å²) in [5, 5.41) is 3.51. The van der Waals surface area contributed by atoms with Gasteiger partial charge in [0.2, 0.25) is 15.9 Å². The number of likely N-dealkylation sites (N-methyl/N-ethyl adjacent to an activating group) is 1. The van der Waals surface area contributed by atoms with Gasteiger partial charge in [-0.15, -0.1) is 11.3 Å². The number of carbonyl (C=O) groups excluding carboxylic acids is 2. The predicted octanol–water partition coefficient (Wildman–Crippen LogP) is 3.09. The lowest BCUT2D eigenvalue weighted by molar-refractivity contribution is -0.113. The van der Waals surface area contributed by atoms with Crippen LogP contribution in [0.1, 0.15) is 20.8 Å². The lowest BCUT2D eigenvalue weighted by atomic mass is 10.0. The van der Waals surface area contributed by atoms with Crippen molar-refractivity contribution in [2.45, 2.75) is 6.42 Å². The van der Waals surface area contributed by atoms with Crippen LogP contribution in [0.2, 0.25) is 5.02 Å². The van der Waals surface area contributed by atoms with Crippen LogP contribution in [0.15, 0.2) is 30.3 Å². The van der Waals surface area contributed by atoms with Crippen molar-refractivity contribution in [3.8, 4) is 0 Å². The third-order valence-electron chi connectivity index (χ3n) is 4.98. The lowest BCUT2D eigenvalue weighted by Crippen LogP contribution is -2.47. The molecule has 0 atom stereocenters. The number of nitrogens with one attached hydrogen (secondary N) is 1. The van der Waals surface area contributed by atoms with Crippen LogP contribution < -0.4 is 5.32 Å². The molecule has 2 aromatic rings. The Morgan fingerprint density at radius 2 is 1.84 bits per heavy atom. The molecule has 3 rings (SSSR count). The second kappa shape index (κ2) is 10.5. The Balaban J connectivity index is 1.81. The maximum absolute atomic E-state index is 13.1. The number of nitrogens with zero attached hydrogens (tertiary/aromatic N) is 2. The maximum Gasteiger partial charge on any atom is 0.235 e. The Kier molecular flexibility index (Phi) is 8.28. The van der Waals surface area contributed by atoms with Crippen molar-refractivity contribution in [2.24, 2.45) is 0 Å². The van der Waals surface area contributed by atoms with E-state index in [-0.39, 0.29) is 29.2 Å². The molecule has 0 aliphatic carbocycles. The minimum atomic E-state index is -3.40. The first kappa shape index (κ1) is 24.3. The summed E-state index contributed by atoms with van der Waals surface area (Å²) in [6.07, 6.45) is 0.256. The van der Waals surface area contributed by atoms with Gasteiger partial charge in [-0.05, 0) is 31.7 Å². The van der Waals surface area contributed by atoms with E-state index < -0.39 is 10.0 Å². The minimum absolute atomic E-state index is 0.0528. The number of hydrogen-bond acceptors (Lipinski definition) is 6. The highest BCUT2D eigenvalue weighted by Gasteiger charge is 2.26. The van der Waals surface area contributed by atoms with Crippen molar-refractivity contribution in [1.82, 2.24) is 9.21 Å². The summed E-state index contributed by atoms with van der Waals surface area (Å²) in [7, 11) is -1.43. The monoisotopic (exact) mass is 547 g/mol. The number of aryl methyl sites for hydroxylation is 1. The van der Waals surface area contributed by atoms with E-state index in [9.17, 15) is 18.0 Å². The molecule has 0 unspecified atom stereocenters. The molecule has 1 fully saturated rings. The Morgan fingerprint density at radius 3 is 2.48 bits per heavy atom. The highest BCUT2D eigenvalue weighted by atomic mass is 79.9. The Labute approximate surface area is 199 Å². The molecule has 1 saturated heterocycles. The minimum Gasteiger partial charge on any atom is -0.316 e. The van der Waals surface area contributed by atoms with Crippen LogP contribution in [0, 0.1) is 0 Å². The smallest absolute Gasteiger partial charge is 0.235 e. The second-order valence-corrected chi connectivity index (χ2v) is 11.4. The molecule has 1 amide bonds. The standard InChI is InChI=1S/C20H23BrClN3O4S2/c1-24-7-9-25(10-8-24)31(28,29)11-6-14-12-16(20(30-14)23-18(26)13-21)19(27)15-4-2-3-5-17(15)22/h2-5,12H,6-11,13H2,1H3,(H,23,26). The number of piperazine rings is 1. The van der Waals surface area contributed by atoms with E-state index in [4.69, 9.17) is 11.6 Å². The number of ketones is 1. The van der Waals surface area contributed by atoms with Crippen molar-refractivity contribution >= 4 is 65.6 Å². The summed E-state index contributed by atoms with van der Waals surface area (Å²) in [4.78, 5) is 27.8. The van der Waals surface area contributed by atoms with Gasteiger partial charge in [-0.3, -0.25) is 9.59 Å². The molecule has 0 bridgehead atoms. The number of hydrogen-bond donors (Lipinski definition) is 1. The first-order valence-electron chi connectivity index (χ1n) is 9.65. The molecule has 0 radical (unpaired) electrons. The van der Waals surface area contributed by atoms with Gasteiger partial charge >= 0.3 is 0 Å². The van der Waals surface area contributed by atoms with E-state index in [1.54, 1.807) is 30.3 Å².